The van der Waals surface area contributed by atoms with E-state index in [1.807, 2.05) is 0 Å². The summed E-state index contributed by atoms with van der Waals surface area (Å²) in [6, 6.07) is 5.15. The third-order valence-electron chi connectivity index (χ3n) is 2.62. The van der Waals surface area contributed by atoms with Crippen LogP contribution in [0.15, 0.2) is 23.2 Å². The number of hydrogen-bond acceptors (Lipinski definition) is 2. The van der Waals surface area contributed by atoms with Crippen molar-refractivity contribution in [3.05, 3.63) is 28.8 Å². The maximum absolute atomic E-state index is 12.1. The molecule has 126 valence electrons. The zero-order chi connectivity index (χ0) is 15.9. The van der Waals surface area contributed by atoms with Gasteiger partial charge in [-0.1, -0.05) is 17.7 Å². The first-order valence-electron chi connectivity index (χ1n) is 6.19. The largest absolute Gasteiger partial charge is 0.496 e. The first-order chi connectivity index (χ1) is 9.85. The van der Waals surface area contributed by atoms with Gasteiger partial charge < -0.3 is 15.4 Å². The van der Waals surface area contributed by atoms with Gasteiger partial charge >= 0.3 is 6.18 Å². The predicted octanol–water partition coefficient (Wildman–Crippen LogP) is 3.58. The molecule has 0 radical (unpaired) electrons. The van der Waals surface area contributed by atoms with E-state index in [0.717, 1.165) is 5.56 Å². The van der Waals surface area contributed by atoms with Gasteiger partial charge in [0.25, 0.3) is 0 Å². The average molecular weight is 452 g/mol. The highest BCUT2D eigenvalue weighted by atomic mass is 127. The molecule has 0 amide bonds. The van der Waals surface area contributed by atoms with Crippen LogP contribution in [0.4, 0.5) is 13.2 Å². The van der Waals surface area contributed by atoms with E-state index in [1.54, 1.807) is 18.2 Å². The Morgan fingerprint density at radius 2 is 2.00 bits per heavy atom. The van der Waals surface area contributed by atoms with Crippen molar-refractivity contribution in [2.24, 2.45) is 4.99 Å². The van der Waals surface area contributed by atoms with Crippen LogP contribution in [0.1, 0.15) is 12.0 Å². The van der Waals surface area contributed by atoms with Crippen LogP contribution in [0.25, 0.3) is 0 Å². The number of hydrogen-bond donors (Lipinski definition) is 2. The minimum Gasteiger partial charge on any atom is -0.496 e. The highest BCUT2D eigenvalue weighted by molar-refractivity contribution is 14.0. The molecule has 0 saturated heterocycles. The number of alkyl halides is 3. The number of benzene rings is 1. The Bertz CT molecular complexity index is 498. The number of ether oxygens (including phenoxy) is 1. The van der Waals surface area contributed by atoms with Crippen molar-refractivity contribution < 1.29 is 17.9 Å². The normalized spacial score (nSPS) is 11.6. The van der Waals surface area contributed by atoms with Gasteiger partial charge in [0.15, 0.2) is 5.96 Å². The van der Waals surface area contributed by atoms with Gasteiger partial charge in [0.1, 0.15) is 5.75 Å². The lowest BCUT2D eigenvalue weighted by Crippen LogP contribution is -2.38. The molecule has 0 unspecified atom stereocenters. The first-order valence-corrected chi connectivity index (χ1v) is 6.57. The summed E-state index contributed by atoms with van der Waals surface area (Å²) in [4.78, 5) is 3.86. The van der Waals surface area contributed by atoms with E-state index in [2.05, 4.69) is 15.6 Å². The molecule has 0 aromatic heterocycles. The average Bonchev–Trinajstić information content (AvgIpc) is 2.42. The molecule has 0 atom stereocenters. The Morgan fingerprint density at radius 1 is 1.32 bits per heavy atom. The highest BCUT2D eigenvalue weighted by Crippen LogP contribution is 2.22. The Kier molecular flexibility index (Phi) is 9.58. The van der Waals surface area contributed by atoms with Crippen LogP contribution in [0.3, 0.4) is 0 Å². The van der Waals surface area contributed by atoms with Gasteiger partial charge in [-0.05, 0) is 12.1 Å². The fraction of sp³-hybridized carbons (Fsp3) is 0.462. The summed E-state index contributed by atoms with van der Waals surface area (Å²) in [5.74, 6) is 0.886. The molecule has 9 heteroatoms. The van der Waals surface area contributed by atoms with Gasteiger partial charge in [-0.25, -0.2) is 0 Å². The lowest BCUT2D eigenvalue weighted by atomic mass is 10.2. The van der Waals surface area contributed by atoms with E-state index in [1.165, 1.54) is 14.2 Å². The van der Waals surface area contributed by atoms with Crippen LogP contribution in [0.2, 0.25) is 5.02 Å². The summed E-state index contributed by atoms with van der Waals surface area (Å²) >= 11 is 5.85. The van der Waals surface area contributed by atoms with Gasteiger partial charge in [0.05, 0.1) is 13.5 Å². The zero-order valence-electron chi connectivity index (χ0n) is 12.1. The van der Waals surface area contributed by atoms with E-state index >= 15 is 0 Å². The summed E-state index contributed by atoms with van der Waals surface area (Å²) in [6.45, 7) is 0.118. The predicted molar refractivity (Wildman–Crippen MR) is 92.3 cm³/mol. The lowest BCUT2D eigenvalue weighted by Gasteiger charge is -2.14. The van der Waals surface area contributed by atoms with E-state index in [-0.39, 0.29) is 36.5 Å². The van der Waals surface area contributed by atoms with Gasteiger partial charge in [0, 0.05) is 30.7 Å². The molecule has 22 heavy (non-hydrogen) atoms. The van der Waals surface area contributed by atoms with Crippen molar-refractivity contribution in [1.82, 2.24) is 10.6 Å². The molecule has 0 aliphatic rings. The van der Waals surface area contributed by atoms with Gasteiger partial charge in [-0.3, -0.25) is 4.99 Å². The fourth-order valence-corrected chi connectivity index (χ4v) is 1.75. The summed E-state index contributed by atoms with van der Waals surface area (Å²) in [5.41, 5.74) is 0.820. The maximum Gasteiger partial charge on any atom is 0.390 e. The number of nitrogens with zero attached hydrogens (tertiary/aromatic N) is 1. The van der Waals surface area contributed by atoms with Crippen molar-refractivity contribution in [3.8, 4) is 5.75 Å². The molecule has 0 saturated carbocycles. The van der Waals surface area contributed by atoms with Crippen molar-refractivity contribution >= 4 is 41.5 Å². The molecule has 0 heterocycles. The first kappa shape index (κ1) is 21.1. The highest BCUT2D eigenvalue weighted by Gasteiger charge is 2.26. The summed E-state index contributed by atoms with van der Waals surface area (Å²) in [5, 5.41) is 6.06. The van der Waals surface area contributed by atoms with Crippen molar-refractivity contribution in [3.63, 3.8) is 0 Å². The Morgan fingerprint density at radius 3 is 2.55 bits per heavy atom. The van der Waals surface area contributed by atoms with E-state index in [0.29, 0.717) is 17.3 Å². The van der Waals surface area contributed by atoms with Crippen LogP contribution >= 0.6 is 35.6 Å². The fourth-order valence-electron chi connectivity index (χ4n) is 1.59. The second-order valence-electron chi connectivity index (χ2n) is 4.17. The third kappa shape index (κ3) is 7.92. The van der Waals surface area contributed by atoms with E-state index < -0.39 is 12.6 Å². The van der Waals surface area contributed by atoms with Gasteiger partial charge in [0.2, 0.25) is 0 Å². The second-order valence-corrected chi connectivity index (χ2v) is 4.61. The molecular weight excluding hydrogens is 434 g/mol. The zero-order valence-corrected chi connectivity index (χ0v) is 15.2. The number of nitrogens with one attached hydrogen (secondary N) is 2. The van der Waals surface area contributed by atoms with E-state index in [4.69, 9.17) is 16.3 Å². The molecule has 1 aromatic rings. The van der Waals surface area contributed by atoms with Gasteiger partial charge in [-0.15, -0.1) is 24.0 Å². The molecule has 0 bridgehead atoms. The van der Waals surface area contributed by atoms with Gasteiger partial charge in [-0.2, -0.15) is 13.2 Å². The number of guanidine groups is 1. The lowest BCUT2D eigenvalue weighted by molar-refractivity contribution is -0.132. The molecular formula is C13H18ClF3IN3O. The summed E-state index contributed by atoms with van der Waals surface area (Å²) < 4.78 is 41.4. The SMILES string of the molecule is CN=C(NCCC(F)(F)F)NCc1ccc(Cl)cc1OC.I. The van der Waals surface area contributed by atoms with Crippen LogP contribution in [0, 0.1) is 0 Å². The van der Waals surface area contributed by atoms with Crippen molar-refractivity contribution in [2.45, 2.75) is 19.1 Å². The topological polar surface area (TPSA) is 45.7 Å². The van der Waals surface area contributed by atoms with Crippen LogP contribution in [0.5, 0.6) is 5.75 Å². The Balaban J connectivity index is 0.00000441. The third-order valence-corrected chi connectivity index (χ3v) is 2.86. The molecule has 0 spiro atoms. The second kappa shape index (κ2) is 9.98. The molecule has 0 fully saturated rings. The molecule has 0 aliphatic heterocycles. The Hall–Kier alpha value is -0.900. The number of methoxy groups -OCH3 is 1. The molecule has 1 aromatic carbocycles. The van der Waals surface area contributed by atoms with Crippen LogP contribution in [-0.2, 0) is 6.54 Å². The number of aliphatic imine (C=N–C) groups is 1. The molecule has 4 nitrogen and oxygen atoms in total. The molecule has 0 aliphatic carbocycles. The van der Waals surface area contributed by atoms with Crippen molar-refractivity contribution in [2.75, 3.05) is 20.7 Å². The maximum atomic E-state index is 12.1. The van der Waals surface area contributed by atoms with Crippen LogP contribution in [-0.4, -0.2) is 32.8 Å². The van der Waals surface area contributed by atoms with Crippen LogP contribution < -0.4 is 15.4 Å². The number of halogens is 5. The standard InChI is InChI=1S/C13H17ClF3N3O.HI/c1-18-12(19-6-5-13(15,16)17)20-8-9-3-4-10(14)7-11(9)21-2;/h3-4,7H,5-6,8H2,1-2H3,(H2,18,19,20);1H. The van der Waals surface area contributed by atoms with Crippen molar-refractivity contribution in [1.29, 1.82) is 0 Å². The van der Waals surface area contributed by atoms with E-state index in [9.17, 15) is 13.2 Å². The minimum atomic E-state index is -4.19. The molecule has 2 N–H and O–H groups in total. The summed E-state index contributed by atoms with van der Waals surface area (Å²) in [6.07, 6.45) is -5.11. The Labute approximate surface area is 149 Å². The number of rotatable bonds is 5. The monoisotopic (exact) mass is 451 g/mol. The smallest absolute Gasteiger partial charge is 0.390 e. The minimum absolute atomic E-state index is 0. The summed E-state index contributed by atoms with van der Waals surface area (Å²) in [7, 11) is 3.01. The molecule has 1 rings (SSSR count). The quantitative estimate of drug-likeness (QED) is 0.409.